The van der Waals surface area contributed by atoms with Gasteiger partial charge in [-0.2, -0.15) is 0 Å². The van der Waals surface area contributed by atoms with E-state index in [0.717, 1.165) is 12.5 Å². The van der Waals surface area contributed by atoms with Gasteiger partial charge in [-0.15, -0.1) is 0 Å². The molecule has 1 aliphatic carbocycles. The fraction of sp³-hybridized carbons (Fsp3) is 0.538. The van der Waals surface area contributed by atoms with Crippen molar-refractivity contribution in [2.45, 2.75) is 31.7 Å². The molecule has 0 bridgehead atoms. The molecule has 0 amide bonds. The zero-order chi connectivity index (χ0) is 10.1. The van der Waals surface area contributed by atoms with Crippen LogP contribution in [0.4, 0.5) is 0 Å². The van der Waals surface area contributed by atoms with E-state index < -0.39 is 0 Å². The Labute approximate surface area is 86.8 Å². The van der Waals surface area contributed by atoms with Gasteiger partial charge in [-0.25, -0.2) is 0 Å². The second-order valence-electron chi connectivity index (χ2n) is 4.40. The first-order chi connectivity index (χ1) is 6.74. The van der Waals surface area contributed by atoms with Crippen LogP contribution >= 0.6 is 0 Å². The Bertz CT molecular complexity index is 273. The highest BCUT2D eigenvalue weighted by Gasteiger charge is 2.31. The summed E-state index contributed by atoms with van der Waals surface area (Å²) in [4.78, 5) is 2.30. The Morgan fingerprint density at radius 3 is 2.43 bits per heavy atom. The summed E-state index contributed by atoms with van der Waals surface area (Å²) in [7, 11) is 0. The van der Waals surface area contributed by atoms with E-state index in [-0.39, 0.29) is 0 Å². The molecule has 76 valence electrons. The fourth-order valence-electron chi connectivity index (χ4n) is 2.29. The highest BCUT2D eigenvalue weighted by molar-refractivity contribution is 5.35. The normalized spacial score (nSPS) is 26.3. The second kappa shape index (κ2) is 3.64. The molecule has 0 aromatic carbocycles. The summed E-state index contributed by atoms with van der Waals surface area (Å²) >= 11 is 0. The van der Waals surface area contributed by atoms with Crippen molar-refractivity contribution in [3.63, 3.8) is 0 Å². The van der Waals surface area contributed by atoms with Crippen LogP contribution in [-0.2, 0) is 0 Å². The predicted molar refractivity (Wildman–Crippen MR) is 60.9 cm³/mol. The van der Waals surface area contributed by atoms with Crippen LogP contribution in [0.2, 0.25) is 0 Å². The van der Waals surface area contributed by atoms with Crippen molar-refractivity contribution < 1.29 is 0 Å². The molecule has 0 aromatic rings. The Balaban J connectivity index is 2.02. The Morgan fingerprint density at radius 1 is 1.14 bits per heavy atom. The van der Waals surface area contributed by atoms with Gasteiger partial charge in [0.05, 0.1) is 6.04 Å². The second-order valence-corrected chi connectivity index (χ2v) is 4.40. The minimum atomic E-state index is 0.487. The number of hydrogen-bond acceptors (Lipinski definition) is 1. The van der Waals surface area contributed by atoms with E-state index in [2.05, 4.69) is 24.6 Å². The number of rotatable bonds is 4. The topological polar surface area (TPSA) is 3.24 Å². The molecule has 1 nitrogen and oxygen atoms in total. The molecule has 1 atom stereocenters. The smallest absolute Gasteiger partial charge is 0.0534 e. The molecule has 1 aliphatic heterocycles. The summed E-state index contributed by atoms with van der Waals surface area (Å²) in [6, 6.07) is 0.487. The quantitative estimate of drug-likeness (QED) is 0.614. The van der Waals surface area contributed by atoms with Crippen molar-refractivity contribution in [1.29, 1.82) is 0 Å². The summed E-state index contributed by atoms with van der Waals surface area (Å²) in [5.74, 6) is 0.745. The summed E-state index contributed by atoms with van der Waals surface area (Å²) in [5.41, 5.74) is 2.55. The monoisotopic (exact) mass is 189 g/mol. The van der Waals surface area contributed by atoms with Gasteiger partial charge in [0.25, 0.3) is 0 Å². The SMILES string of the molecule is C=CN1CCCC1C(=C)C(=C)C1CC1. The molecule has 0 N–H and O–H groups in total. The van der Waals surface area contributed by atoms with Gasteiger partial charge < -0.3 is 4.90 Å². The number of likely N-dealkylation sites (tertiary alicyclic amines) is 1. The number of hydrogen-bond donors (Lipinski definition) is 0. The van der Waals surface area contributed by atoms with E-state index in [9.17, 15) is 0 Å². The fourth-order valence-corrected chi connectivity index (χ4v) is 2.29. The van der Waals surface area contributed by atoms with Crippen molar-refractivity contribution in [3.05, 3.63) is 37.1 Å². The average Bonchev–Trinajstić information content (AvgIpc) is 2.94. The Kier molecular flexibility index (Phi) is 2.49. The van der Waals surface area contributed by atoms with Gasteiger partial charge in [-0.1, -0.05) is 19.7 Å². The van der Waals surface area contributed by atoms with Crippen molar-refractivity contribution in [1.82, 2.24) is 4.90 Å². The van der Waals surface area contributed by atoms with E-state index in [1.165, 1.54) is 36.8 Å². The third-order valence-corrected chi connectivity index (χ3v) is 3.41. The lowest BCUT2D eigenvalue weighted by molar-refractivity contribution is 0.390. The summed E-state index contributed by atoms with van der Waals surface area (Å²) in [5, 5.41) is 0. The zero-order valence-electron chi connectivity index (χ0n) is 8.84. The number of nitrogens with zero attached hydrogens (tertiary/aromatic N) is 1. The zero-order valence-corrected chi connectivity index (χ0v) is 8.84. The van der Waals surface area contributed by atoms with Crippen LogP contribution in [0.15, 0.2) is 37.1 Å². The molecule has 1 heterocycles. The molecule has 2 rings (SSSR count). The molecule has 1 saturated carbocycles. The lowest BCUT2D eigenvalue weighted by Gasteiger charge is -2.25. The maximum atomic E-state index is 4.21. The van der Waals surface area contributed by atoms with Crippen molar-refractivity contribution in [2.75, 3.05) is 6.54 Å². The van der Waals surface area contributed by atoms with Crippen molar-refractivity contribution in [2.24, 2.45) is 5.92 Å². The molecular formula is C13H19N. The molecule has 2 aliphatic rings. The van der Waals surface area contributed by atoms with Crippen LogP contribution in [-0.4, -0.2) is 17.5 Å². The van der Waals surface area contributed by atoms with Crippen molar-refractivity contribution >= 4 is 0 Å². The van der Waals surface area contributed by atoms with E-state index in [1.54, 1.807) is 0 Å². The predicted octanol–water partition coefficient (Wildman–Crippen LogP) is 3.12. The molecular weight excluding hydrogens is 170 g/mol. The molecule has 2 fully saturated rings. The third kappa shape index (κ3) is 1.63. The van der Waals surface area contributed by atoms with Crippen LogP contribution in [0.1, 0.15) is 25.7 Å². The molecule has 0 radical (unpaired) electrons. The maximum Gasteiger partial charge on any atom is 0.0534 e. The minimum absolute atomic E-state index is 0.487. The van der Waals surface area contributed by atoms with E-state index >= 15 is 0 Å². The minimum Gasteiger partial charge on any atom is -0.371 e. The lowest BCUT2D eigenvalue weighted by Crippen LogP contribution is -2.26. The first-order valence-electron chi connectivity index (χ1n) is 5.50. The van der Waals surface area contributed by atoms with Gasteiger partial charge >= 0.3 is 0 Å². The van der Waals surface area contributed by atoms with Gasteiger partial charge in [0.15, 0.2) is 0 Å². The first-order valence-corrected chi connectivity index (χ1v) is 5.50. The van der Waals surface area contributed by atoms with E-state index in [4.69, 9.17) is 0 Å². The Hall–Kier alpha value is -0.980. The lowest BCUT2D eigenvalue weighted by atomic mass is 9.96. The van der Waals surface area contributed by atoms with Crippen LogP contribution in [0.3, 0.4) is 0 Å². The maximum absolute atomic E-state index is 4.21. The van der Waals surface area contributed by atoms with E-state index in [1.807, 2.05) is 6.20 Å². The molecule has 0 spiro atoms. The summed E-state index contributed by atoms with van der Waals surface area (Å²) in [6.07, 6.45) is 7.06. The van der Waals surface area contributed by atoms with Crippen LogP contribution in [0, 0.1) is 5.92 Å². The Morgan fingerprint density at radius 2 is 1.86 bits per heavy atom. The van der Waals surface area contributed by atoms with Crippen LogP contribution < -0.4 is 0 Å². The summed E-state index contributed by atoms with van der Waals surface area (Å²) in [6.45, 7) is 13.4. The highest BCUT2D eigenvalue weighted by atomic mass is 15.2. The standard InChI is InChI=1S/C13H19N/c1-4-14-9-5-6-13(14)11(3)10(2)12-7-8-12/h4,12-13H,1-3,5-9H2. The van der Waals surface area contributed by atoms with Crippen LogP contribution in [0.25, 0.3) is 0 Å². The molecule has 14 heavy (non-hydrogen) atoms. The molecule has 0 aromatic heterocycles. The third-order valence-electron chi connectivity index (χ3n) is 3.41. The summed E-state index contributed by atoms with van der Waals surface area (Å²) < 4.78 is 0. The van der Waals surface area contributed by atoms with Crippen LogP contribution in [0.5, 0.6) is 0 Å². The first kappa shape index (κ1) is 9.57. The molecule has 1 unspecified atom stereocenters. The van der Waals surface area contributed by atoms with Gasteiger partial charge in [0.1, 0.15) is 0 Å². The highest BCUT2D eigenvalue weighted by Crippen LogP contribution is 2.41. The van der Waals surface area contributed by atoms with Gasteiger partial charge in [0, 0.05) is 6.54 Å². The average molecular weight is 189 g/mol. The molecule has 1 heteroatoms. The molecule has 1 saturated heterocycles. The van der Waals surface area contributed by atoms with E-state index in [0.29, 0.717) is 6.04 Å². The largest absolute Gasteiger partial charge is 0.371 e. The van der Waals surface area contributed by atoms with Gasteiger partial charge in [0.2, 0.25) is 0 Å². The van der Waals surface area contributed by atoms with Crippen molar-refractivity contribution in [3.8, 4) is 0 Å². The van der Waals surface area contributed by atoms with Gasteiger partial charge in [-0.05, 0) is 48.9 Å². The van der Waals surface area contributed by atoms with Gasteiger partial charge in [-0.3, -0.25) is 0 Å².